The summed E-state index contributed by atoms with van der Waals surface area (Å²) in [6.45, 7) is 2.89. The largest absolute Gasteiger partial charge is 0.493 e. The molecule has 0 unspecified atom stereocenters. The average molecular weight is 429 g/mol. The zero-order valence-corrected chi connectivity index (χ0v) is 18.2. The topological polar surface area (TPSA) is 51.2 Å². The molecule has 5 heteroatoms. The summed E-state index contributed by atoms with van der Waals surface area (Å²) < 4.78 is 5.62. The average Bonchev–Trinajstić information content (AvgIpc) is 3.30. The van der Waals surface area contributed by atoms with Crippen LogP contribution in [0.1, 0.15) is 17.5 Å². The number of benzene rings is 3. The highest BCUT2D eigenvalue weighted by Gasteiger charge is 2.07. The number of hydrogen-bond donors (Lipinski definition) is 1. The molecule has 1 amide bonds. The SMILES string of the molecule is Cc1ccc(OCCC(=O)NCc2ccc(-c3nc(-c4ccccc4)cs3)cc2)cc1. The molecule has 0 saturated carbocycles. The summed E-state index contributed by atoms with van der Waals surface area (Å²) in [5.74, 6) is 0.759. The zero-order chi connectivity index (χ0) is 21.5. The Hall–Kier alpha value is -3.44. The number of ether oxygens (including phenoxy) is 1. The fourth-order valence-electron chi connectivity index (χ4n) is 3.10. The minimum absolute atomic E-state index is 0.0244. The van der Waals surface area contributed by atoms with Gasteiger partial charge in [-0.15, -0.1) is 11.3 Å². The molecule has 0 atom stereocenters. The van der Waals surface area contributed by atoms with Crippen molar-refractivity contribution in [3.63, 3.8) is 0 Å². The molecule has 3 aromatic carbocycles. The standard InChI is InChI=1S/C26H24N2O2S/c1-19-7-13-23(14-8-19)30-16-15-25(29)27-17-20-9-11-22(12-10-20)26-28-24(18-31-26)21-5-3-2-4-6-21/h2-14,18H,15-17H2,1H3,(H,27,29). The van der Waals surface area contributed by atoms with E-state index in [1.807, 2.05) is 61.5 Å². The van der Waals surface area contributed by atoms with Crippen LogP contribution in [0.15, 0.2) is 84.2 Å². The van der Waals surface area contributed by atoms with Crippen molar-refractivity contribution in [2.24, 2.45) is 0 Å². The molecule has 1 N–H and O–H groups in total. The fourth-order valence-corrected chi connectivity index (χ4v) is 3.93. The molecule has 0 spiro atoms. The number of hydrogen-bond acceptors (Lipinski definition) is 4. The van der Waals surface area contributed by atoms with Crippen molar-refractivity contribution in [1.82, 2.24) is 10.3 Å². The Kier molecular flexibility index (Phi) is 6.75. The Balaban J connectivity index is 1.25. The Labute approximate surface area is 186 Å². The molecule has 4 rings (SSSR count). The van der Waals surface area contributed by atoms with Gasteiger partial charge in [-0.25, -0.2) is 4.98 Å². The van der Waals surface area contributed by atoms with Gasteiger partial charge in [-0.2, -0.15) is 0 Å². The van der Waals surface area contributed by atoms with Crippen molar-refractivity contribution in [3.05, 3.63) is 95.4 Å². The summed E-state index contributed by atoms with van der Waals surface area (Å²) in [4.78, 5) is 16.8. The maximum atomic E-state index is 12.1. The Morgan fingerprint density at radius 1 is 0.935 bits per heavy atom. The molecule has 31 heavy (non-hydrogen) atoms. The number of rotatable bonds is 8. The van der Waals surface area contributed by atoms with Crippen LogP contribution in [0.5, 0.6) is 5.75 Å². The molecule has 0 fully saturated rings. The third kappa shape index (κ3) is 5.80. The third-order valence-corrected chi connectivity index (χ3v) is 5.77. The quantitative estimate of drug-likeness (QED) is 0.382. The molecular formula is C26H24N2O2S. The molecular weight excluding hydrogens is 404 g/mol. The summed E-state index contributed by atoms with van der Waals surface area (Å²) >= 11 is 1.63. The number of nitrogens with zero attached hydrogens (tertiary/aromatic N) is 1. The normalized spacial score (nSPS) is 10.6. The van der Waals surface area contributed by atoms with E-state index in [-0.39, 0.29) is 5.91 Å². The predicted molar refractivity (Wildman–Crippen MR) is 126 cm³/mol. The number of amides is 1. The van der Waals surface area contributed by atoms with E-state index in [1.165, 1.54) is 5.56 Å². The Bertz CT molecular complexity index is 1120. The number of thiazole rings is 1. The highest BCUT2D eigenvalue weighted by Crippen LogP contribution is 2.28. The maximum Gasteiger partial charge on any atom is 0.223 e. The second-order valence-electron chi connectivity index (χ2n) is 7.29. The molecule has 0 bridgehead atoms. The van der Waals surface area contributed by atoms with Crippen LogP contribution >= 0.6 is 11.3 Å². The second kappa shape index (κ2) is 10.0. The first-order chi connectivity index (χ1) is 15.2. The smallest absolute Gasteiger partial charge is 0.223 e. The van der Waals surface area contributed by atoms with Crippen LogP contribution in [-0.2, 0) is 11.3 Å². The fraction of sp³-hybridized carbons (Fsp3) is 0.154. The van der Waals surface area contributed by atoms with E-state index >= 15 is 0 Å². The monoisotopic (exact) mass is 428 g/mol. The predicted octanol–water partition coefficient (Wildman–Crippen LogP) is 5.87. The lowest BCUT2D eigenvalue weighted by Gasteiger charge is -2.08. The first-order valence-electron chi connectivity index (χ1n) is 10.2. The summed E-state index contributed by atoms with van der Waals surface area (Å²) in [6.07, 6.45) is 0.327. The van der Waals surface area contributed by atoms with Crippen molar-refractivity contribution in [2.75, 3.05) is 6.61 Å². The first-order valence-corrected chi connectivity index (χ1v) is 11.1. The third-order valence-electron chi connectivity index (χ3n) is 4.88. The van der Waals surface area contributed by atoms with Crippen molar-refractivity contribution in [1.29, 1.82) is 0 Å². The number of aryl methyl sites for hydroxylation is 1. The van der Waals surface area contributed by atoms with Gasteiger partial charge < -0.3 is 10.1 Å². The van der Waals surface area contributed by atoms with Gasteiger partial charge in [0, 0.05) is 23.1 Å². The van der Waals surface area contributed by atoms with E-state index in [1.54, 1.807) is 11.3 Å². The van der Waals surface area contributed by atoms with Gasteiger partial charge in [0.1, 0.15) is 10.8 Å². The minimum Gasteiger partial charge on any atom is -0.493 e. The van der Waals surface area contributed by atoms with Gasteiger partial charge in [-0.3, -0.25) is 4.79 Å². The van der Waals surface area contributed by atoms with Crippen LogP contribution in [-0.4, -0.2) is 17.5 Å². The summed E-state index contributed by atoms with van der Waals surface area (Å²) in [5.41, 5.74) is 5.42. The van der Waals surface area contributed by atoms with Gasteiger partial charge in [-0.05, 0) is 24.6 Å². The van der Waals surface area contributed by atoms with Crippen LogP contribution in [0.2, 0.25) is 0 Å². The highest BCUT2D eigenvalue weighted by molar-refractivity contribution is 7.13. The lowest BCUT2D eigenvalue weighted by atomic mass is 10.1. The molecule has 4 aromatic rings. The molecule has 4 nitrogen and oxygen atoms in total. The second-order valence-corrected chi connectivity index (χ2v) is 8.15. The van der Waals surface area contributed by atoms with Crippen molar-refractivity contribution in [2.45, 2.75) is 19.9 Å². The molecule has 1 aromatic heterocycles. The van der Waals surface area contributed by atoms with Crippen LogP contribution in [0.3, 0.4) is 0 Å². The molecule has 0 aliphatic carbocycles. The van der Waals surface area contributed by atoms with E-state index in [4.69, 9.17) is 9.72 Å². The Morgan fingerprint density at radius 2 is 1.68 bits per heavy atom. The summed E-state index contributed by atoms with van der Waals surface area (Å²) in [6, 6.07) is 26.2. The van der Waals surface area contributed by atoms with Gasteiger partial charge in [0.15, 0.2) is 0 Å². The van der Waals surface area contributed by atoms with Crippen molar-refractivity contribution in [3.8, 4) is 27.6 Å². The van der Waals surface area contributed by atoms with Crippen LogP contribution in [0.4, 0.5) is 0 Å². The van der Waals surface area contributed by atoms with E-state index in [0.717, 1.165) is 33.1 Å². The first kappa shape index (κ1) is 20.8. The lowest BCUT2D eigenvalue weighted by molar-refractivity contribution is -0.121. The van der Waals surface area contributed by atoms with E-state index in [2.05, 4.69) is 35.0 Å². The van der Waals surface area contributed by atoms with Crippen molar-refractivity contribution >= 4 is 17.2 Å². The van der Waals surface area contributed by atoms with Gasteiger partial charge in [0.05, 0.1) is 18.7 Å². The Morgan fingerprint density at radius 3 is 2.42 bits per heavy atom. The highest BCUT2D eigenvalue weighted by atomic mass is 32.1. The van der Waals surface area contributed by atoms with E-state index in [9.17, 15) is 4.79 Å². The molecule has 0 saturated heterocycles. The van der Waals surface area contributed by atoms with E-state index < -0.39 is 0 Å². The number of aromatic nitrogens is 1. The van der Waals surface area contributed by atoms with Crippen molar-refractivity contribution < 1.29 is 9.53 Å². The molecule has 156 valence electrons. The summed E-state index contributed by atoms with van der Waals surface area (Å²) in [7, 11) is 0. The van der Waals surface area contributed by atoms with Crippen LogP contribution in [0.25, 0.3) is 21.8 Å². The number of carbonyl (C=O) groups excluding carboxylic acids is 1. The summed E-state index contributed by atoms with van der Waals surface area (Å²) in [5, 5.41) is 6.02. The van der Waals surface area contributed by atoms with Gasteiger partial charge in [0.25, 0.3) is 0 Å². The number of carbonyl (C=O) groups is 1. The number of nitrogens with one attached hydrogen (secondary N) is 1. The van der Waals surface area contributed by atoms with E-state index in [0.29, 0.717) is 19.6 Å². The van der Waals surface area contributed by atoms with Gasteiger partial charge >= 0.3 is 0 Å². The lowest BCUT2D eigenvalue weighted by Crippen LogP contribution is -2.24. The van der Waals surface area contributed by atoms with Crippen LogP contribution < -0.4 is 10.1 Å². The van der Waals surface area contributed by atoms with Gasteiger partial charge in [0.2, 0.25) is 5.91 Å². The molecule has 0 aliphatic rings. The van der Waals surface area contributed by atoms with Crippen LogP contribution in [0, 0.1) is 6.92 Å². The minimum atomic E-state index is -0.0244. The zero-order valence-electron chi connectivity index (χ0n) is 17.4. The van der Waals surface area contributed by atoms with Gasteiger partial charge in [-0.1, -0.05) is 72.3 Å². The maximum absolute atomic E-state index is 12.1. The molecule has 1 heterocycles. The molecule has 0 radical (unpaired) electrons. The molecule has 0 aliphatic heterocycles.